The summed E-state index contributed by atoms with van der Waals surface area (Å²) in [7, 11) is 3.17. The van der Waals surface area contributed by atoms with E-state index in [9.17, 15) is 19.2 Å². The van der Waals surface area contributed by atoms with Crippen LogP contribution in [0.15, 0.2) is 84.9 Å². The van der Waals surface area contributed by atoms with Crippen LogP contribution in [0.3, 0.4) is 0 Å². The first kappa shape index (κ1) is 47.7. The second-order valence-corrected chi connectivity index (χ2v) is 18.8. The van der Waals surface area contributed by atoms with E-state index >= 15 is 0 Å². The van der Waals surface area contributed by atoms with Gasteiger partial charge in [-0.3, -0.25) is 29.2 Å². The highest BCUT2D eigenvalue weighted by molar-refractivity contribution is 6.42. The van der Waals surface area contributed by atoms with Gasteiger partial charge in [0.05, 0.1) is 60.2 Å². The number of nitrogens with zero attached hydrogens (tertiary/aromatic N) is 4. The monoisotopic (exact) mass is 976 g/mol. The van der Waals surface area contributed by atoms with Crippen LogP contribution >= 0.6 is 46.4 Å². The Morgan fingerprint density at radius 3 is 1.29 bits per heavy atom. The van der Waals surface area contributed by atoms with Gasteiger partial charge in [0.25, 0.3) is 0 Å². The number of esters is 2. The number of fused-ring (bicyclic) bond motifs is 2. The first-order valence-electron chi connectivity index (χ1n) is 22.2. The molecule has 4 aliphatic heterocycles. The van der Waals surface area contributed by atoms with Crippen LogP contribution in [0.1, 0.15) is 59.1 Å². The third-order valence-electron chi connectivity index (χ3n) is 13.0. The van der Waals surface area contributed by atoms with Crippen molar-refractivity contribution in [1.82, 2.24) is 19.6 Å². The first-order valence-corrected chi connectivity index (χ1v) is 23.7. The van der Waals surface area contributed by atoms with Crippen molar-refractivity contribution in [3.05, 3.63) is 138 Å². The van der Waals surface area contributed by atoms with Crippen LogP contribution in [0.5, 0.6) is 11.5 Å². The van der Waals surface area contributed by atoms with Crippen molar-refractivity contribution in [2.24, 2.45) is 0 Å². The zero-order chi connectivity index (χ0) is 46.6. The maximum Gasteiger partial charge on any atom is 0.333 e. The van der Waals surface area contributed by atoms with E-state index in [0.717, 1.165) is 75.1 Å². The van der Waals surface area contributed by atoms with Crippen molar-refractivity contribution in [3.63, 3.8) is 0 Å². The summed E-state index contributed by atoms with van der Waals surface area (Å²) in [5.41, 5.74) is 1.13. The summed E-state index contributed by atoms with van der Waals surface area (Å²) < 4.78 is 24.3. The van der Waals surface area contributed by atoms with E-state index in [0.29, 0.717) is 66.7 Å². The molecule has 0 saturated carbocycles. The summed E-state index contributed by atoms with van der Waals surface area (Å²) in [5.74, 6) is -1.04. The highest BCUT2D eigenvalue weighted by Crippen LogP contribution is 2.43. The summed E-state index contributed by atoms with van der Waals surface area (Å²) in [6, 6.07) is 21.2. The van der Waals surface area contributed by atoms with E-state index in [1.807, 2.05) is 24.3 Å². The van der Waals surface area contributed by atoms with Crippen molar-refractivity contribution in [3.8, 4) is 11.5 Å². The Bertz CT molecular complexity index is 2360. The van der Waals surface area contributed by atoms with Crippen LogP contribution in [0.25, 0.3) is 0 Å². The number of hydrogen-bond donors (Lipinski definition) is 0. The number of carbonyl (C=O) groups is 4. The molecule has 348 valence electrons. The largest absolute Gasteiger partial charge is 0.497 e. The molecule has 66 heavy (non-hydrogen) atoms. The minimum Gasteiger partial charge on any atom is -0.497 e. The third kappa shape index (κ3) is 10.2. The van der Waals surface area contributed by atoms with Crippen molar-refractivity contribution >= 4 is 70.2 Å². The zero-order valence-electron chi connectivity index (χ0n) is 37.0. The molecule has 2 saturated heterocycles. The number of likely N-dealkylation sites (tertiary alicyclic amines) is 2. The number of methoxy groups -OCH3 is 2. The summed E-state index contributed by atoms with van der Waals surface area (Å²) in [6.07, 6.45) is 6.77. The smallest absolute Gasteiger partial charge is 0.333 e. The van der Waals surface area contributed by atoms with Gasteiger partial charge in [-0.1, -0.05) is 58.5 Å². The number of hydrogen-bond acceptors (Lipinski definition) is 10. The van der Waals surface area contributed by atoms with Crippen molar-refractivity contribution in [2.75, 3.05) is 66.6 Å². The average Bonchev–Trinajstić information content (AvgIpc) is 4.03. The lowest BCUT2D eigenvalue weighted by Gasteiger charge is -2.48. The van der Waals surface area contributed by atoms with E-state index < -0.39 is 23.4 Å². The van der Waals surface area contributed by atoms with E-state index in [4.69, 9.17) is 65.4 Å². The van der Waals surface area contributed by atoms with E-state index in [1.165, 1.54) is 0 Å². The highest BCUT2D eigenvalue weighted by atomic mass is 35.5. The number of rotatable bonds is 14. The number of ether oxygens (including phenoxy) is 4. The second-order valence-electron chi connectivity index (χ2n) is 17.2. The number of benzene rings is 4. The topological polar surface area (TPSA) is 118 Å². The van der Waals surface area contributed by atoms with Crippen LogP contribution in [0.4, 0.5) is 0 Å². The summed E-state index contributed by atoms with van der Waals surface area (Å²) >= 11 is 25.2. The molecule has 2 amide bonds. The van der Waals surface area contributed by atoms with Crippen LogP contribution in [-0.2, 0) is 65.8 Å². The minimum atomic E-state index is -1.59. The molecule has 2 atom stereocenters. The summed E-state index contributed by atoms with van der Waals surface area (Å²) in [5, 5.41) is 1.38. The molecular weight excluding hydrogens is 926 g/mol. The lowest BCUT2D eigenvalue weighted by Crippen LogP contribution is -2.61. The van der Waals surface area contributed by atoms with Gasteiger partial charge < -0.3 is 18.9 Å². The van der Waals surface area contributed by atoms with Gasteiger partial charge >= 0.3 is 11.9 Å². The van der Waals surface area contributed by atoms with Gasteiger partial charge in [0.1, 0.15) is 11.5 Å². The first-order chi connectivity index (χ1) is 31.8. The Kier molecular flexibility index (Phi) is 14.9. The number of amides is 2. The third-order valence-corrected chi connectivity index (χ3v) is 14.5. The molecule has 4 heterocycles. The molecule has 16 heteroatoms. The van der Waals surface area contributed by atoms with Gasteiger partial charge in [-0.05, 0) is 148 Å². The fraction of sp³-hybridized carbons (Fsp3) is 0.400. The highest BCUT2D eigenvalue weighted by Gasteiger charge is 2.52. The van der Waals surface area contributed by atoms with Gasteiger partial charge in [-0.25, -0.2) is 9.59 Å². The predicted molar refractivity (Wildman–Crippen MR) is 253 cm³/mol. The quantitative estimate of drug-likeness (QED) is 0.0901. The molecule has 0 aromatic heterocycles. The molecule has 0 N–H and O–H groups in total. The van der Waals surface area contributed by atoms with Crippen molar-refractivity contribution in [2.45, 2.75) is 62.8 Å². The van der Waals surface area contributed by atoms with Crippen LogP contribution in [-0.4, -0.2) is 110 Å². The maximum absolute atomic E-state index is 14.6. The lowest BCUT2D eigenvalue weighted by atomic mass is 9.87. The van der Waals surface area contributed by atoms with Crippen LogP contribution in [0, 0.1) is 0 Å². The zero-order valence-corrected chi connectivity index (χ0v) is 40.0. The van der Waals surface area contributed by atoms with Gasteiger partial charge in [0.15, 0.2) is 0 Å². The molecule has 4 aromatic rings. The predicted octanol–water partition coefficient (Wildman–Crippen LogP) is 8.41. The Morgan fingerprint density at radius 1 is 0.530 bits per heavy atom. The molecule has 8 rings (SSSR count). The molecule has 4 aromatic carbocycles. The molecule has 2 unspecified atom stereocenters. The molecule has 0 radical (unpaired) electrons. The molecule has 0 spiro atoms. The fourth-order valence-electron chi connectivity index (χ4n) is 9.83. The van der Waals surface area contributed by atoms with Gasteiger partial charge in [-0.15, -0.1) is 0 Å². The van der Waals surface area contributed by atoms with Crippen LogP contribution in [0.2, 0.25) is 20.1 Å². The normalized spacial score (nSPS) is 20.8. The fourth-order valence-corrected chi connectivity index (χ4v) is 10.5. The molecule has 2 fully saturated rings. The van der Waals surface area contributed by atoms with Crippen molar-refractivity contribution < 1.29 is 38.1 Å². The molecule has 4 aliphatic rings. The summed E-state index contributed by atoms with van der Waals surface area (Å²) in [4.78, 5) is 65.7. The van der Waals surface area contributed by atoms with Crippen molar-refractivity contribution in [1.29, 1.82) is 0 Å². The molecule has 12 nitrogen and oxygen atoms in total. The average molecular weight is 979 g/mol. The number of halogens is 4. The van der Waals surface area contributed by atoms with Gasteiger partial charge in [-0.2, -0.15) is 0 Å². The van der Waals surface area contributed by atoms with Gasteiger partial charge in [0.2, 0.25) is 23.3 Å². The lowest BCUT2D eigenvalue weighted by molar-refractivity contribution is -0.199. The minimum absolute atomic E-state index is 0.0312. The second kappa shape index (κ2) is 20.6. The Hall–Kier alpha value is -4.82. The number of carbonyl (C=O) groups excluding carboxylic acids is 4. The Morgan fingerprint density at radius 2 is 0.924 bits per heavy atom. The standard InChI is InChI=1S/C50H52Cl4N4O8/c1-63-37-9-11-39-35(29-37)17-23-57(45(59)27-33-7-13-41(51)43(53)25-33)49(39,31-55-19-3-4-20-55)65-47(61)15-16-48(62)66-50(32-56-21-5-6-22-56)40-12-10-38(64-2)30-36(40)18-24-58(50)46(60)28-34-8-14-42(52)44(54)26-34/h7-16,25-26,29-30H,3-6,17-24,27-28,31-32H2,1-2H3/b16-15-. The van der Waals surface area contributed by atoms with E-state index in [1.54, 1.807) is 72.6 Å². The molecule has 0 bridgehead atoms. The maximum atomic E-state index is 14.6. The van der Waals surface area contributed by atoms with Gasteiger partial charge in [0, 0.05) is 36.4 Å². The van der Waals surface area contributed by atoms with Crippen LogP contribution < -0.4 is 9.47 Å². The SMILES string of the molecule is COc1ccc2c(c1)CCN(C(=O)Cc1ccc(Cl)c(Cl)c1)C2(CN1CCCC1)OC(=O)/C=C\C(=O)OC1(CN2CCCC2)c2ccc(OC)cc2CCN1C(=O)Cc1ccc(Cl)c(Cl)c1. The Labute approximate surface area is 405 Å². The van der Waals surface area contributed by atoms with E-state index in [-0.39, 0.29) is 50.8 Å². The van der Waals surface area contributed by atoms with E-state index in [2.05, 4.69) is 9.80 Å². The molecular formula is C50H52Cl4N4O8. The molecule has 0 aliphatic carbocycles. The Balaban J connectivity index is 1.14. The summed E-state index contributed by atoms with van der Waals surface area (Å²) in [6.45, 7) is 3.84.